The van der Waals surface area contributed by atoms with Crippen LogP contribution in [0.3, 0.4) is 0 Å². The number of ether oxygens (including phenoxy) is 1. The fourth-order valence-corrected chi connectivity index (χ4v) is 7.23. The van der Waals surface area contributed by atoms with Crippen LogP contribution in [0.25, 0.3) is 10.9 Å². The van der Waals surface area contributed by atoms with Crippen molar-refractivity contribution < 1.29 is 14.3 Å². The zero-order chi connectivity index (χ0) is 22.5. The first-order valence-corrected chi connectivity index (χ1v) is 12.2. The predicted molar refractivity (Wildman–Crippen MR) is 124 cm³/mol. The number of esters is 1. The van der Waals surface area contributed by atoms with Crippen LogP contribution in [-0.2, 0) is 14.9 Å². The fourth-order valence-electron chi connectivity index (χ4n) is 7.23. The van der Waals surface area contributed by atoms with Gasteiger partial charge in [0, 0.05) is 5.39 Å². The first kappa shape index (κ1) is 21.4. The molecule has 1 heterocycles. The molecule has 4 bridgehead atoms. The molecule has 170 valence electrons. The number of aromatic nitrogens is 1. The second-order valence-electron chi connectivity index (χ2n) is 10.9. The topological polar surface area (TPSA) is 68.3 Å². The Morgan fingerprint density at radius 2 is 1.72 bits per heavy atom. The molecular formula is C27H34N2O3. The van der Waals surface area contributed by atoms with Gasteiger partial charge < -0.3 is 10.1 Å². The molecule has 0 radical (unpaired) electrons. The van der Waals surface area contributed by atoms with Crippen LogP contribution in [0.15, 0.2) is 30.3 Å². The molecule has 1 atom stereocenters. The van der Waals surface area contributed by atoms with Crippen molar-refractivity contribution in [2.45, 2.75) is 70.3 Å². The molecule has 0 aliphatic heterocycles. The summed E-state index contributed by atoms with van der Waals surface area (Å²) in [5, 5.41) is 4.08. The van der Waals surface area contributed by atoms with Crippen molar-refractivity contribution >= 4 is 22.8 Å². The number of para-hydroxylation sites is 1. The van der Waals surface area contributed by atoms with Crippen LogP contribution in [0.1, 0.15) is 74.8 Å². The number of hydrogen-bond donors (Lipinski definition) is 1. The Balaban J connectivity index is 1.53. The van der Waals surface area contributed by atoms with Gasteiger partial charge in [0.1, 0.15) is 11.7 Å². The highest BCUT2D eigenvalue weighted by Gasteiger charge is 2.52. The summed E-state index contributed by atoms with van der Waals surface area (Å²) >= 11 is 0. The number of carbonyl (C=O) groups is 2. The first-order valence-electron chi connectivity index (χ1n) is 12.2. The average molecular weight is 435 g/mol. The lowest BCUT2D eigenvalue weighted by Crippen LogP contribution is -2.48. The Morgan fingerprint density at radius 1 is 1.09 bits per heavy atom. The van der Waals surface area contributed by atoms with Crippen molar-refractivity contribution in [3.05, 3.63) is 41.6 Å². The van der Waals surface area contributed by atoms with Gasteiger partial charge in [0.25, 0.3) is 5.91 Å². The standard InChI is InChI=1S/C27H34N2O3/c1-16(2)8-24(26(31)32-3)29-25(30)23-12-21(20-6-4-5-7-22(20)28-23)27-13-17-9-18(14-27)11-19(10-17)15-27/h4-7,12,16-19,24H,8-11,13-15H2,1-3H3,(H,29,30)/t17?,18?,19?,24-,27?/m0/s1. The van der Waals surface area contributed by atoms with Gasteiger partial charge in [-0.3, -0.25) is 4.79 Å². The summed E-state index contributed by atoms with van der Waals surface area (Å²) in [6.45, 7) is 4.06. The number of carbonyl (C=O) groups excluding carboxylic acids is 2. The van der Waals surface area contributed by atoms with Crippen molar-refractivity contribution in [2.75, 3.05) is 7.11 Å². The molecule has 1 aromatic heterocycles. The van der Waals surface area contributed by atoms with E-state index in [2.05, 4.69) is 17.4 Å². The smallest absolute Gasteiger partial charge is 0.328 e. The summed E-state index contributed by atoms with van der Waals surface area (Å²) in [6, 6.07) is 9.59. The summed E-state index contributed by atoms with van der Waals surface area (Å²) in [4.78, 5) is 30.3. The number of benzene rings is 1. The number of nitrogens with zero attached hydrogens (tertiary/aromatic N) is 1. The molecule has 4 aliphatic carbocycles. The Bertz CT molecular complexity index is 1010. The number of fused-ring (bicyclic) bond motifs is 1. The lowest BCUT2D eigenvalue weighted by Gasteiger charge is -2.57. The SMILES string of the molecule is COC(=O)[C@H](CC(C)C)NC(=O)c1cc(C23CC4CC(CC(C4)C2)C3)c2ccccc2n1. The molecule has 1 N–H and O–H groups in total. The summed E-state index contributed by atoms with van der Waals surface area (Å²) in [7, 11) is 1.36. The molecule has 4 aliphatic rings. The van der Waals surface area contributed by atoms with Gasteiger partial charge in [0.05, 0.1) is 12.6 Å². The van der Waals surface area contributed by atoms with Crippen molar-refractivity contribution in [1.82, 2.24) is 10.3 Å². The number of pyridine rings is 1. The van der Waals surface area contributed by atoms with Crippen molar-refractivity contribution in [3.8, 4) is 0 Å². The summed E-state index contributed by atoms with van der Waals surface area (Å²) in [6.07, 6.45) is 8.36. The minimum absolute atomic E-state index is 0.159. The Kier molecular flexibility index (Phi) is 5.47. The maximum atomic E-state index is 13.3. The zero-order valence-corrected chi connectivity index (χ0v) is 19.4. The maximum Gasteiger partial charge on any atom is 0.328 e. The minimum atomic E-state index is -0.663. The van der Waals surface area contributed by atoms with E-state index in [0.29, 0.717) is 12.1 Å². The Morgan fingerprint density at radius 3 is 2.31 bits per heavy atom. The quantitative estimate of drug-likeness (QED) is 0.648. The molecule has 6 rings (SSSR count). The molecular weight excluding hydrogens is 400 g/mol. The molecule has 0 unspecified atom stereocenters. The van der Waals surface area contributed by atoms with E-state index in [4.69, 9.17) is 9.72 Å². The van der Waals surface area contributed by atoms with Gasteiger partial charge in [0.2, 0.25) is 0 Å². The van der Waals surface area contributed by atoms with E-state index < -0.39 is 12.0 Å². The van der Waals surface area contributed by atoms with E-state index in [-0.39, 0.29) is 17.2 Å². The fraction of sp³-hybridized carbons (Fsp3) is 0.593. The molecule has 0 saturated heterocycles. The summed E-state index contributed by atoms with van der Waals surface area (Å²) in [5.74, 6) is 2.01. The second-order valence-corrected chi connectivity index (χ2v) is 10.9. The van der Waals surface area contributed by atoms with Crippen molar-refractivity contribution in [1.29, 1.82) is 0 Å². The van der Waals surface area contributed by atoms with Gasteiger partial charge in [-0.05, 0) is 91.7 Å². The van der Waals surface area contributed by atoms with Crippen LogP contribution in [0.4, 0.5) is 0 Å². The lowest BCUT2D eigenvalue weighted by atomic mass is 9.48. The van der Waals surface area contributed by atoms with Crippen LogP contribution in [0, 0.1) is 23.7 Å². The third kappa shape index (κ3) is 3.80. The first-order chi connectivity index (χ1) is 15.4. The maximum absolute atomic E-state index is 13.3. The Labute approximate surface area is 190 Å². The molecule has 4 fully saturated rings. The highest BCUT2D eigenvalue weighted by molar-refractivity contribution is 5.98. The molecule has 32 heavy (non-hydrogen) atoms. The monoisotopic (exact) mass is 434 g/mol. The zero-order valence-electron chi connectivity index (χ0n) is 19.4. The largest absolute Gasteiger partial charge is 0.467 e. The third-order valence-corrected chi connectivity index (χ3v) is 8.06. The molecule has 2 aromatic rings. The highest BCUT2D eigenvalue weighted by atomic mass is 16.5. The molecule has 1 amide bonds. The highest BCUT2D eigenvalue weighted by Crippen LogP contribution is 2.61. The van der Waals surface area contributed by atoms with E-state index >= 15 is 0 Å². The summed E-state index contributed by atoms with van der Waals surface area (Å²) < 4.78 is 4.93. The van der Waals surface area contributed by atoms with Gasteiger partial charge in [-0.2, -0.15) is 0 Å². The van der Waals surface area contributed by atoms with Crippen LogP contribution in [0.5, 0.6) is 0 Å². The number of rotatable bonds is 6. The number of methoxy groups -OCH3 is 1. The number of nitrogens with one attached hydrogen (secondary N) is 1. The van der Waals surface area contributed by atoms with E-state index in [9.17, 15) is 9.59 Å². The second kappa shape index (κ2) is 8.17. The van der Waals surface area contributed by atoms with Crippen LogP contribution in [-0.4, -0.2) is 30.0 Å². The molecule has 5 nitrogen and oxygen atoms in total. The van der Waals surface area contributed by atoms with Crippen LogP contribution >= 0.6 is 0 Å². The van der Waals surface area contributed by atoms with Gasteiger partial charge in [0.15, 0.2) is 0 Å². The van der Waals surface area contributed by atoms with Gasteiger partial charge in [-0.25, -0.2) is 9.78 Å². The van der Waals surface area contributed by atoms with Crippen LogP contribution in [0.2, 0.25) is 0 Å². The van der Waals surface area contributed by atoms with E-state index in [0.717, 1.165) is 23.3 Å². The van der Waals surface area contributed by atoms with Gasteiger partial charge in [-0.1, -0.05) is 32.0 Å². The molecule has 4 saturated carbocycles. The van der Waals surface area contributed by atoms with Crippen molar-refractivity contribution in [2.24, 2.45) is 23.7 Å². The average Bonchev–Trinajstić information content (AvgIpc) is 2.76. The number of hydrogen-bond acceptors (Lipinski definition) is 4. The van der Waals surface area contributed by atoms with E-state index in [1.54, 1.807) is 0 Å². The normalized spacial score (nSPS) is 29.3. The lowest BCUT2D eigenvalue weighted by molar-refractivity contribution is -0.143. The molecule has 5 heteroatoms. The predicted octanol–water partition coefficient (Wildman–Crippen LogP) is 5.02. The van der Waals surface area contributed by atoms with Gasteiger partial charge in [-0.15, -0.1) is 0 Å². The van der Waals surface area contributed by atoms with Gasteiger partial charge >= 0.3 is 5.97 Å². The van der Waals surface area contributed by atoms with Crippen molar-refractivity contribution in [3.63, 3.8) is 0 Å². The minimum Gasteiger partial charge on any atom is -0.467 e. The van der Waals surface area contributed by atoms with E-state index in [1.807, 2.05) is 32.0 Å². The summed E-state index contributed by atoms with van der Waals surface area (Å²) in [5.41, 5.74) is 2.73. The molecule has 1 aromatic carbocycles. The Hall–Kier alpha value is -2.43. The molecule has 0 spiro atoms. The third-order valence-electron chi connectivity index (χ3n) is 8.06. The number of amides is 1. The van der Waals surface area contributed by atoms with Crippen LogP contribution < -0.4 is 5.32 Å². The van der Waals surface area contributed by atoms with E-state index in [1.165, 1.54) is 56.6 Å².